The highest BCUT2D eigenvalue weighted by molar-refractivity contribution is 6.07. The molecule has 0 aliphatic rings. The number of nitrogens with one attached hydrogen (secondary N) is 1. The van der Waals surface area contributed by atoms with E-state index < -0.39 is 0 Å². The molecular formula is C18H14N2O. The summed E-state index contributed by atoms with van der Waals surface area (Å²) in [5.41, 5.74) is 4.13. The number of carbonyl (C=O) groups is 1. The molecule has 0 heterocycles. The van der Waals surface area contributed by atoms with Crippen LogP contribution in [0.4, 0.5) is 0 Å². The molecule has 0 radical (unpaired) electrons. The van der Waals surface area contributed by atoms with Crippen LogP contribution >= 0.6 is 0 Å². The van der Waals surface area contributed by atoms with Crippen LogP contribution in [0, 0.1) is 0 Å². The fourth-order valence-electron chi connectivity index (χ4n) is 2.19. The van der Waals surface area contributed by atoms with Crippen LogP contribution in [0.5, 0.6) is 0 Å². The van der Waals surface area contributed by atoms with Gasteiger partial charge in [0.15, 0.2) is 0 Å². The molecule has 0 unspecified atom stereocenters. The molecule has 0 aliphatic heterocycles. The minimum Gasteiger partial charge on any atom is -0.267 e. The highest BCUT2D eigenvalue weighted by Gasteiger charge is 2.08. The molecular weight excluding hydrogens is 260 g/mol. The van der Waals surface area contributed by atoms with Crippen LogP contribution in [0.25, 0.3) is 10.8 Å². The maximum atomic E-state index is 12.2. The molecule has 3 heteroatoms. The number of fused-ring (bicyclic) bond motifs is 1. The molecule has 0 fully saturated rings. The predicted molar refractivity (Wildman–Crippen MR) is 85.5 cm³/mol. The minimum atomic E-state index is -0.209. The van der Waals surface area contributed by atoms with E-state index in [0.29, 0.717) is 5.56 Å². The Morgan fingerprint density at radius 3 is 2.43 bits per heavy atom. The highest BCUT2D eigenvalue weighted by Crippen LogP contribution is 2.18. The summed E-state index contributed by atoms with van der Waals surface area (Å²) in [5, 5.41) is 5.96. The molecule has 0 aliphatic carbocycles. The van der Waals surface area contributed by atoms with Crippen LogP contribution in [0.15, 0.2) is 77.9 Å². The first kappa shape index (κ1) is 13.1. The molecule has 1 amide bonds. The smallest absolute Gasteiger partial charge is 0.267 e. The Bertz CT molecular complexity index is 789. The van der Waals surface area contributed by atoms with E-state index in [1.165, 1.54) is 0 Å². The second kappa shape index (κ2) is 6.01. The number of hydrogen-bond donors (Lipinski definition) is 1. The first-order valence-electron chi connectivity index (χ1n) is 6.71. The Morgan fingerprint density at radius 2 is 1.57 bits per heavy atom. The molecule has 0 atom stereocenters. The van der Waals surface area contributed by atoms with Crippen LogP contribution in [0.1, 0.15) is 15.9 Å². The van der Waals surface area contributed by atoms with Gasteiger partial charge in [0.1, 0.15) is 0 Å². The molecule has 21 heavy (non-hydrogen) atoms. The summed E-state index contributed by atoms with van der Waals surface area (Å²) in [6.45, 7) is 0. The zero-order chi connectivity index (χ0) is 14.5. The normalized spacial score (nSPS) is 10.9. The average Bonchev–Trinajstić information content (AvgIpc) is 2.55. The number of amides is 1. The molecule has 3 rings (SSSR count). The number of hydrazone groups is 1. The first-order valence-corrected chi connectivity index (χ1v) is 6.71. The number of nitrogens with zero attached hydrogens (tertiary/aromatic N) is 1. The van der Waals surface area contributed by atoms with Crippen molar-refractivity contribution in [1.82, 2.24) is 5.43 Å². The van der Waals surface area contributed by atoms with Crippen molar-refractivity contribution < 1.29 is 4.79 Å². The molecule has 0 bridgehead atoms. The third-order valence-electron chi connectivity index (χ3n) is 3.21. The maximum Gasteiger partial charge on any atom is 0.271 e. The largest absolute Gasteiger partial charge is 0.271 e. The lowest BCUT2D eigenvalue weighted by Gasteiger charge is -2.04. The van der Waals surface area contributed by atoms with E-state index in [1.54, 1.807) is 12.3 Å². The lowest BCUT2D eigenvalue weighted by atomic mass is 10.0. The molecule has 3 aromatic carbocycles. The molecule has 3 aromatic rings. The van der Waals surface area contributed by atoms with Crippen molar-refractivity contribution in [2.45, 2.75) is 0 Å². The summed E-state index contributed by atoms with van der Waals surface area (Å²) in [6, 6.07) is 23.1. The fraction of sp³-hybridized carbons (Fsp3) is 0. The van der Waals surface area contributed by atoms with E-state index in [4.69, 9.17) is 0 Å². The van der Waals surface area contributed by atoms with Crippen molar-refractivity contribution in [3.8, 4) is 0 Å². The molecule has 0 spiro atoms. The van der Waals surface area contributed by atoms with Crippen LogP contribution in [-0.4, -0.2) is 12.1 Å². The van der Waals surface area contributed by atoms with Gasteiger partial charge in [-0.05, 0) is 22.4 Å². The molecule has 0 aromatic heterocycles. The number of hydrogen-bond acceptors (Lipinski definition) is 2. The summed E-state index contributed by atoms with van der Waals surface area (Å²) < 4.78 is 0. The van der Waals surface area contributed by atoms with Gasteiger partial charge in [-0.15, -0.1) is 0 Å². The van der Waals surface area contributed by atoms with Crippen molar-refractivity contribution in [1.29, 1.82) is 0 Å². The van der Waals surface area contributed by atoms with E-state index in [2.05, 4.69) is 10.5 Å². The fourth-order valence-corrected chi connectivity index (χ4v) is 2.19. The van der Waals surface area contributed by atoms with Crippen molar-refractivity contribution in [3.63, 3.8) is 0 Å². The Kier molecular flexibility index (Phi) is 3.74. The van der Waals surface area contributed by atoms with E-state index in [1.807, 2.05) is 66.7 Å². The highest BCUT2D eigenvalue weighted by atomic mass is 16.2. The molecule has 102 valence electrons. The van der Waals surface area contributed by atoms with Crippen molar-refractivity contribution >= 4 is 22.9 Å². The second-order valence-corrected chi connectivity index (χ2v) is 4.64. The molecule has 0 saturated heterocycles. The van der Waals surface area contributed by atoms with Gasteiger partial charge in [-0.1, -0.05) is 66.7 Å². The van der Waals surface area contributed by atoms with E-state index in [9.17, 15) is 4.79 Å². The SMILES string of the molecule is O=C(NN=Cc1ccccc1)c1cccc2ccccc12. The Hall–Kier alpha value is -2.94. The van der Waals surface area contributed by atoms with E-state index in [-0.39, 0.29) is 5.91 Å². The van der Waals surface area contributed by atoms with Gasteiger partial charge < -0.3 is 0 Å². The van der Waals surface area contributed by atoms with Crippen LogP contribution in [-0.2, 0) is 0 Å². The van der Waals surface area contributed by atoms with Gasteiger partial charge in [0.25, 0.3) is 5.91 Å². The minimum absolute atomic E-state index is 0.209. The topological polar surface area (TPSA) is 41.5 Å². The molecule has 3 nitrogen and oxygen atoms in total. The Balaban J connectivity index is 1.80. The third-order valence-corrected chi connectivity index (χ3v) is 3.21. The van der Waals surface area contributed by atoms with E-state index >= 15 is 0 Å². The van der Waals surface area contributed by atoms with Crippen LogP contribution in [0.3, 0.4) is 0 Å². The standard InChI is InChI=1S/C18H14N2O/c21-18(20-19-13-14-7-2-1-3-8-14)17-12-6-10-15-9-4-5-11-16(15)17/h1-13H,(H,20,21). The summed E-state index contributed by atoms with van der Waals surface area (Å²) in [6.07, 6.45) is 1.63. The van der Waals surface area contributed by atoms with Gasteiger partial charge in [0.05, 0.1) is 6.21 Å². The zero-order valence-electron chi connectivity index (χ0n) is 11.4. The Labute approximate surface area is 122 Å². The first-order chi connectivity index (χ1) is 10.3. The van der Waals surface area contributed by atoms with Gasteiger partial charge >= 0.3 is 0 Å². The van der Waals surface area contributed by atoms with Crippen LogP contribution < -0.4 is 5.43 Å². The lowest BCUT2D eigenvalue weighted by Crippen LogP contribution is -2.17. The molecule has 1 N–H and O–H groups in total. The zero-order valence-corrected chi connectivity index (χ0v) is 11.4. The number of carbonyl (C=O) groups excluding carboxylic acids is 1. The third kappa shape index (κ3) is 2.98. The van der Waals surface area contributed by atoms with Crippen molar-refractivity contribution in [2.75, 3.05) is 0 Å². The van der Waals surface area contributed by atoms with Crippen molar-refractivity contribution in [2.24, 2.45) is 5.10 Å². The quantitative estimate of drug-likeness (QED) is 0.575. The monoisotopic (exact) mass is 274 g/mol. The van der Waals surface area contributed by atoms with Gasteiger partial charge in [0, 0.05) is 5.56 Å². The summed E-state index contributed by atoms with van der Waals surface area (Å²) in [4.78, 5) is 12.2. The maximum absolute atomic E-state index is 12.2. The van der Waals surface area contributed by atoms with Gasteiger partial charge in [-0.2, -0.15) is 5.10 Å². The summed E-state index contributed by atoms with van der Waals surface area (Å²) in [7, 11) is 0. The number of benzene rings is 3. The van der Waals surface area contributed by atoms with E-state index in [0.717, 1.165) is 16.3 Å². The van der Waals surface area contributed by atoms with Gasteiger partial charge in [-0.3, -0.25) is 4.79 Å². The van der Waals surface area contributed by atoms with Gasteiger partial charge in [-0.25, -0.2) is 5.43 Å². The lowest BCUT2D eigenvalue weighted by molar-refractivity contribution is 0.0957. The second-order valence-electron chi connectivity index (χ2n) is 4.64. The molecule has 0 saturated carbocycles. The Morgan fingerprint density at radius 1 is 0.857 bits per heavy atom. The summed E-state index contributed by atoms with van der Waals surface area (Å²) >= 11 is 0. The average molecular weight is 274 g/mol. The number of rotatable bonds is 3. The van der Waals surface area contributed by atoms with Crippen molar-refractivity contribution in [3.05, 3.63) is 83.9 Å². The van der Waals surface area contributed by atoms with Crippen LogP contribution in [0.2, 0.25) is 0 Å². The van der Waals surface area contributed by atoms with Gasteiger partial charge in [0.2, 0.25) is 0 Å². The summed E-state index contributed by atoms with van der Waals surface area (Å²) in [5.74, 6) is -0.209. The predicted octanol–water partition coefficient (Wildman–Crippen LogP) is 3.60.